The van der Waals surface area contributed by atoms with Gasteiger partial charge in [0.1, 0.15) is 5.75 Å². The molecule has 4 nitrogen and oxygen atoms in total. The van der Waals surface area contributed by atoms with Crippen molar-refractivity contribution in [3.63, 3.8) is 0 Å². The minimum atomic E-state index is -0.109. The van der Waals surface area contributed by atoms with E-state index in [1.54, 1.807) is 6.07 Å². The quantitative estimate of drug-likeness (QED) is 0.722. The molecular weight excluding hydrogens is 242 g/mol. The van der Waals surface area contributed by atoms with Crippen molar-refractivity contribution >= 4 is 5.69 Å². The van der Waals surface area contributed by atoms with Crippen LogP contribution in [0.3, 0.4) is 0 Å². The topological polar surface area (TPSA) is 61.7 Å². The zero-order valence-corrected chi connectivity index (χ0v) is 10.8. The molecular formula is C15H17NO3. The summed E-state index contributed by atoms with van der Waals surface area (Å²) in [6, 6.07) is 12.5. The van der Waals surface area contributed by atoms with Gasteiger partial charge in [-0.25, -0.2) is 0 Å². The van der Waals surface area contributed by atoms with Gasteiger partial charge in [-0.2, -0.15) is 0 Å². The molecule has 3 N–H and O–H groups in total. The molecule has 0 aromatic heterocycles. The maximum atomic E-state index is 9.41. The lowest BCUT2D eigenvalue weighted by Crippen LogP contribution is -2.00. The first-order valence-corrected chi connectivity index (χ1v) is 6.16. The first-order valence-electron chi connectivity index (χ1n) is 6.16. The number of hydrogen-bond acceptors (Lipinski definition) is 4. The van der Waals surface area contributed by atoms with Crippen molar-refractivity contribution in [1.82, 2.24) is 0 Å². The summed E-state index contributed by atoms with van der Waals surface area (Å²) in [7, 11) is 0. The first-order chi connectivity index (χ1) is 9.19. The molecule has 100 valence electrons. The largest absolute Gasteiger partial charge is 0.504 e. The van der Waals surface area contributed by atoms with Crippen LogP contribution in [-0.4, -0.2) is 16.8 Å². The third-order valence-electron chi connectivity index (χ3n) is 2.68. The van der Waals surface area contributed by atoms with Crippen molar-refractivity contribution in [3.05, 3.63) is 48.0 Å². The van der Waals surface area contributed by atoms with Crippen LogP contribution in [0.5, 0.6) is 17.2 Å². The predicted octanol–water partition coefficient (Wildman–Crippen LogP) is 3.11. The Morgan fingerprint density at radius 3 is 2.63 bits per heavy atom. The third kappa shape index (κ3) is 3.55. The lowest BCUT2D eigenvalue weighted by molar-refractivity contribution is 0.340. The zero-order valence-electron chi connectivity index (χ0n) is 10.8. The van der Waals surface area contributed by atoms with Gasteiger partial charge in [0.05, 0.1) is 6.61 Å². The van der Waals surface area contributed by atoms with Crippen molar-refractivity contribution < 1.29 is 14.9 Å². The highest BCUT2D eigenvalue weighted by atomic mass is 16.5. The highest BCUT2D eigenvalue weighted by Crippen LogP contribution is 2.25. The summed E-state index contributed by atoms with van der Waals surface area (Å²) in [5.74, 6) is 0.602. The van der Waals surface area contributed by atoms with E-state index in [1.807, 2.05) is 31.2 Å². The number of phenols is 2. The van der Waals surface area contributed by atoms with Crippen LogP contribution in [-0.2, 0) is 6.54 Å². The van der Waals surface area contributed by atoms with E-state index in [2.05, 4.69) is 5.32 Å². The molecule has 2 rings (SSSR count). The van der Waals surface area contributed by atoms with Crippen LogP contribution in [0.2, 0.25) is 0 Å². The fourth-order valence-electron chi connectivity index (χ4n) is 1.75. The lowest BCUT2D eigenvalue weighted by atomic mass is 10.2. The van der Waals surface area contributed by atoms with Crippen molar-refractivity contribution in [3.8, 4) is 17.2 Å². The Bertz CT molecular complexity index is 555. The van der Waals surface area contributed by atoms with Crippen molar-refractivity contribution in [1.29, 1.82) is 0 Å². The Kier molecular flexibility index (Phi) is 4.13. The predicted molar refractivity (Wildman–Crippen MR) is 74.7 cm³/mol. The second kappa shape index (κ2) is 6.00. The van der Waals surface area contributed by atoms with Crippen molar-refractivity contribution in [2.24, 2.45) is 0 Å². The summed E-state index contributed by atoms with van der Waals surface area (Å²) >= 11 is 0. The summed E-state index contributed by atoms with van der Waals surface area (Å²) in [6.07, 6.45) is 0. The van der Waals surface area contributed by atoms with E-state index >= 15 is 0 Å². The standard InChI is InChI=1S/C15H17NO3/c1-2-19-13-5-3-4-12(9-13)16-10-11-6-7-14(17)15(18)8-11/h3-9,16-18H,2,10H2,1H3. The second-order valence-corrected chi connectivity index (χ2v) is 4.14. The van der Waals surface area contributed by atoms with Gasteiger partial charge in [0.25, 0.3) is 0 Å². The molecule has 2 aromatic carbocycles. The van der Waals surface area contributed by atoms with E-state index in [1.165, 1.54) is 12.1 Å². The molecule has 4 heteroatoms. The summed E-state index contributed by atoms with van der Waals surface area (Å²) in [5.41, 5.74) is 1.83. The zero-order chi connectivity index (χ0) is 13.7. The highest BCUT2D eigenvalue weighted by Gasteiger charge is 2.01. The number of phenolic OH excluding ortho intramolecular Hbond substituents is 2. The van der Waals surface area contributed by atoms with Gasteiger partial charge in [-0.1, -0.05) is 12.1 Å². The molecule has 0 aliphatic heterocycles. The van der Waals surface area contributed by atoms with Gasteiger partial charge in [-0.15, -0.1) is 0 Å². The van der Waals surface area contributed by atoms with Gasteiger partial charge in [-0.05, 0) is 36.8 Å². The Balaban J connectivity index is 2.01. The summed E-state index contributed by atoms with van der Waals surface area (Å²) in [5, 5.41) is 21.9. The van der Waals surface area contributed by atoms with E-state index < -0.39 is 0 Å². The molecule has 0 spiro atoms. The van der Waals surface area contributed by atoms with Crippen LogP contribution in [0, 0.1) is 0 Å². The molecule has 0 heterocycles. The van der Waals surface area contributed by atoms with Crippen molar-refractivity contribution in [2.45, 2.75) is 13.5 Å². The third-order valence-corrected chi connectivity index (χ3v) is 2.68. The molecule has 0 aliphatic rings. The van der Waals surface area contributed by atoms with Crippen LogP contribution < -0.4 is 10.1 Å². The molecule has 0 radical (unpaired) electrons. The highest BCUT2D eigenvalue weighted by molar-refractivity contribution is 5.49. The van der Waals surface area contributed by atoms with Gasteiger partial charge in [0, 0.05) is 18.3 Å². The van der Waals surface area contributed by atoms with Crippen LogP contribution in [0.25, 0.3) is 0 Å². The molecule has 0 aliphatic carbocycles. The molecule has 0 fully saturated rings. The number of hydrogen-bond donors (Lipinski definition) is 3. The van der Waals surface area contributed by atoms with Crippen molar-refractivity contribution in [2.75, 3.05) is 11.9 Å². The number of nitrogens with one attached hydrogen (secondary N) is 1. The molecule has 0 unspecified atom stereocenters. The Morgan fingerprint density at radius 2 is 1.89 bits per heavy atom. The molecule has 19 heavy (non-hydrogen) atoms. The smallest absolute Gasteiger partial charge is 0.157 e. The summed E-state index contributed by atoms with van der Waals surface area (Å²) < 4.78 is 5.42. The van der Waals surface area contributed by atoms with Crippen LogP contribution in [0.15, 0.2) is 42.5 Å². The van der Waals surface area contributed by atoms with Gasteiger partial charge in [0.15, 0.2) is 11.5 Å². The van der Waals surface area contributed by atoms with E-state index in [9.17, 15) is 10.2 Å². The SMILES string of the molecule is CCOc1cccc(NCc2ccc(O)c(O)c2)c1. The fourth-order valence-corrected chi connectivity index (χ4v) is 1.75. The Labute approximate surface area is 112 Å². The Morgan fingerprint density at radius 1 is 1.05 bits per heavy atom. The van der Waals surface area contributed by atoms with Gasteiger partial charge < -0.3 is 20.3 Å². The van der Waals surface area contributed by atoms with Crippen LogP contribution in [0.4, 0.5) is 5.69 Å². The molecule has 0 amide bonds. The van der Waals surface area contributed by atoms with Gasteiger partial charge in [-0.3, -0.25) is 0 Å². The second-order valence-electron chi connectivity index (χ2n) is 4.14. The van der Waals surface area contributed by atoms with Crippen LogP contribution >= 0.6 is 0 Å². The minimum Gasteiger partial charge on any atom is -0.504 e. The molecule has 0 saturated carbocycles. The van der Waals surface area contributed by atoms with E-state index in [0.29, 0.717) is 13.2 Å². The average Bonchev–Trinajstić information content (AvgIpc) is 2.41. The number of rotatable bonds is 5. The number of benzene rings is 2. The summed E-state index contributed by atoms with van der Waals surface area (Å²) in [6.45, 7) is 3.14. The molecule has 0 atom stereocenters. The normalized spacial score (nSPS) is 10.2. The van der Waals surface area contributed by atoms with Crippen LogP contribution in [0.1, 0.15) is 12.5 Å². The Hall–Kier alpha value is -2.36. The maximum Gasteiger partial charge on any atom is 0.157 e. The van der Waals surface area contributed by atoms with E-state index in [4.69, 9.17) is 4.74 Å². The minimum absolute atomic E-state index is 0.109. The van der Waals surface area contributed by atoms with Gasteiger partial charge in [0.2, 0.25) is 0 Å². The van der Waals surface area contributed by atoms with E-state index in [0.717, 1.165) is 17.0 Å². The molecule has 0 saturated heterocycles. The van der Waals surface area contributed by atoms with Gasteiger partial charge >= 0.3 is 0 Å². The number of ether oxygens (including phenoxy) is 1. The molecule has 0 bridgehead atoms. The average molecular weight is 259 g/mol. The number of aromatic hydroxyl groups is 2. The lowest BCUT2D eigenvalue weighted by Gasteiger charge is -2.09. The molecule has 2 aromatic rings. The van der Waals surface area contributed by atoms with E-state index in [-0.39, 0.29) is 11.5 Å². The maximum absolute atomic E-state index is 9.41. The monoisotopic (exact) mass is 259 g/mol. The summed E-state index contributed by atoms with van der Waals surface area (Å²) in [4.78, 5) is 0. The number of anilines is 1. The fraction of sp³-hybridized carbons (Fsp3) is 0.200. The first kappa shape index (κ1) is 13.1.